The molecule has 5 nitrogen and oxygen atoms in total. The average Bonchev–Trinajstić information content (AvgIpc) is 3.26. The van der Waals surface area contributed by atoms with Crippen LogP contribution in [0.5, 0.6) is 5.75 Å². The molecule has 1 N–H and O–H groups in total. The molecule has 2 heterocycles. The molecular weight excluding hydrogens is 316 g/mol. The molecule has 2 aromatic rings. The topological polar surface area (TPSA) is 54.7 Å². The van der Waals surface area contributed by atoms with Gasteiger partial charge in [0.2, 0.25) is 0 Å². The summed E-state index contributed by atoms with van der Waals surface area (Å²) in [6.45, 7) is 6.67. The van der Waals surface area contributed by atoms with Crippen LogP contribution < -0.4 is 10.1 Å². The van der Waals surface area contributed by atoms with Crippen LogP contribution >= 0.6 is 0 Å². The van der Waals surface area contributed by atoms with Gasteiger partial charge in [-0.25, -0.2) is 0 Å². The highest BCUT2D eigenvalue weighted by molar-refractivity contribution is 5.77. The number of hydrogen-bond donors (Lipinski definition) is 1. The van der Waals surface area contributed by atoms with Gasteiger partial charge in [0.1, 0.15) is 11.5 Å². The summed E-state index contributed by atoms with van der Waals surface area (Å²) in [6, 6.07) is 9.91. The summed E-state index contributed by atoms with van der Waals surface area (Å²) < 4.78 is 11.2. The highest BCUT2D eigenvalue weighted by Crippen LogP contribution is 2.24. The summed E-state index contributed by atoms with van der Waals surface area (Å²) in [5.74, 6) is 1.52. The number of likely N-dealkylation sites (tertiary alicyclic amines) is 1. The zero-order valence-corrected chi connectivity index (χ0v) is 15.0. The van der Waals surface area contributed by atoms with Crippen LogP contribution in [0.3, 0.4) is 0 Å². The Morgan fingerprint density at radius 1 is 1.24 bits per heavy atom. The maximum absolute atomic E-state index is 12.2. The molecule has 1 aliphatic rings. The Morgan fingerprint density at radius 3 is 2.60 bits per heavy atom. The van der Waals surface area contributed by atoms with Crippen molar-refractivity contribution >= 4 is 5.91 Å². The van der Waals surface area contributed by atoms with E-state index in [4.69, 9.17) is 9.15 Å². The molecule has 0 aliphatic carbocycles. The first-order valence-corrected chi connectivity index (χ1v) is 8.87. The molecule has 0 spiro atoms. The van der Waals surface area contributed by atoms with Gasteiger partial charge in [-0.1, -0.05) is 6.07 Å². The average molecular weight is 342 g/mol. The molecule has 25 heavy (non-hydrogen) atoms. The van der Waals surface area contributed by atoms with Crippen LogP contribution in [0, 0.1) is 13.8 Å². The van der Waals surface area contributed by atoms with Crippen molar-refractivity contribution in [3.8, 4) is 5.75 Å². The van der Waals surface area contributed by atoms with E-state index >= 15 is 0 Å². The maximum Gasteiger partial charge on any atom is 0.258 e. The van der Waals surface area contributed by atoms with Crippen molar-refractivity contribution in [3.05, 3.63) is 53.5 Å². The second-order valence-electron chi connectivity index (χ2n) is 6.69. The predicted molar refractivity (Wildman–Crippen MR) is 96.7 cm³/mol. The van der Waals surface area contributed by atoms with Crippen molar-refractivity contribution in [2.24, 2.45) is 0 Å². The van der Waals surface area contributed by atoms with Crippen LogP contribution in [0.4, 0.5) is 0 Å². The SMILES string of the molecule is Cc1cc(C)cc(OCC(=O)NC[C@@H](c2ccco2)N2CCCC2)c1. The third-order valence-corrected chi connectivity index (χ3v) is 4.51. The Balaban J connectivity index is 1.52. The largest absolute Gasteiger partial charge is 0.484 e. The Morgan fingerprint density at radius 2 is 1.96 bits per heavy atom. The molecule has 1 amide bonds. The summed E-state index contributed by atoms with van der Waals surface area (Å²) >= 11 is 0. The lowest BCUT2D eigenvalue weighted by molar-refractivity contribution is -0.123. The molecule has 134 valence electrons. The molecule has 3 rings (SSSR count). The molecule has 1 aromatic carbocycles. The number of benzene rings is 1. The number of rotatable bonds is 7. The van der Waals surface area contributed by atoms with E-state index in [1.165, 1.54) is 12.8 Å². The fraction of sp³-hybridized carbons (Fsp3) is 0.450. The number of amides is 1. The number of aryl methyl sites for hydroxylation is 2. The van der Waals surface area contributed by atoms with Crippen molar-refractivity contribution in [1.29, 1.82) is 0 Å². The van der Waals surface area contributed by atoms with Gasteiger partial charge in [-0.05, 0) is 75.2 Å². The predicted octanol–water partition coefficient (Wildman–Crippen LogP) is 3.23. The van der Waals surface area contributed by atoms with E-state index < -0.39 is 0 Å². The van der Waals surface area contributed by atoms with E-state index in [9.17, 15) is 4.79 Å². The molecule has 1 saturated heterocycles. The van der Waals surface area contributed by atoms with Crippen LogP contribution in [0.2, 0.25) is 0 Å². The molecule has 0 bridgehead atoms. The molecule has 0 radical (unpaired) electrons. The molecule has 0 saturated carbocycles. The van der Waals surface area contributed by atoms with E-state index in [2.05, 4.69) is 16.3 Å². The normalized spacial score (nSPS) is 15.9. The second kappa shape index (κ2) is 8.21. The summed E-state index contributed by atoms with van der Waals surface area (Å²) in [7, 11) is 0. The van der Waals surface area contributed by atoms with E-state index in [0.29, 0.717) is 6.54 Å². The van der Waals surface area contributed by atoms with E-state index in [1.807, 2.05) is 38.1 Å². The third-order valence-electron chi connectivity index (χ3n) is 4.51. The summed E-state index contributed by atoms with van der Waals surface area (Å²) in [5.41, 5.74) is 2.25. The van der Waals surface area contributed by atoms with Crippen molar-refractivity contribution in [3.63, 3.8) is 0 Å². The fourth-order valence-electron chi connectivity index (χ4n) is 3.37. The first kappa shape index (κ1) is 17.5. The Kier molecular flexibility index (Phi) is 5.76. The molecule has 1 fully saturated rings. The first-order chi connectivity index (χ1) is 12.1. The molecule has 1 aromatic heterocycles. The highest BCUT2D eigenvalue weighted by Gasteiger charge is 2.25. The molecule has 0 unspecified atom stereocenters. The van der Waals surface area contributed by atoms with Crippen LogP contribution in [0.15, 0.2) is 41.0 Å². The third kappa shape index (κ3) is 4.86. The zero-order chi connectivity index (χ0) is 17.6. The molecular formula is C20H26N2O3. The number of carbonyl (C=O) groups is 1. The molecule has 1 atom stereocenters. The zero-order valence-electron chi connectivity index (χ0n) is 15.0. The molecule has 5 heteroatoms. The lowest BCUT2D eigenvalue weighted by atomic mass is 10.1. The van der Waals surface area contributed by atoms with Crippen LogP contribution in [0.1, 0.15) is 35.8 Å². The van der Waals surface area contributed by atoms with Crippen LogP contribution in [0.25, 0.3) is 0 Å². The van der Waals surface area contributed by atoms with E-state index in [-0.39, 0.29) is 18.6 Å². The Bertz CT molecular complexity index is 671. The lowest BCUT2D eigenvalue weighted by Gasteiger charge is -2.26. The van der Waals surface area contributed by atoms with Gasteiger partial charge in [-0.15, -0.1) is 0 Å². The van der Waals surface area contributed by atoms with Gasteiger partial charge in [0.05, 0.1) is 12.3 Å². The summed E-state index contributed by atoms with van der Waals surface area (Å²) in [6.07, 6.45) is 4.07. The number of furan rings is 1. The van der Waals surface area contributed by atoms with Gasteiger partial charge in [0.25, 0.3) is 5.91 Å². The van der Waals surface area contributed by atoms with Crippen molar-refractivity contribution in [2.75, 3.05) is 26.2 Å². The number of carbonyl (C=O) groups excluding carboxylic acids is 1. The van der Waals surface area contributed by atoms with Gasteiger partial charge in [-0.2, -0.15) is 0 Å². The van der Waals surface area contributed by atoms with E-state index in [0.717, 1.165) is 35.7 Å². The second-order valence-corrected chi connectivity index (χ2v) is 6.69. The summed E-state index contributed by atoms with van der Waals surface area (Å²) in [5, 5.41) is 2.98. The van der Waals surface area contributed by atoms with Crippen LogP contribution in [-0.4, -0.2) is 37.0 Å². The summed E-state index contributed by atoms with van der Waals surface area (Å²) in [4.78, 5) is 14.6. The lowest BCUT2D eigenvalue weighted by Crippen LogP contribution is -2.38. The highest BCUT2D eigenvalue weighted by atomic mass is 16.5. The maximum atomic E-state index is 12.2. The monoisotopic (exact) mass is 342 g/mol. The minimum Gasteiger partial charge on any atom is -0.484 e. The smallest absolute Gasteiger partial charge is 0.258 e. The van der Waals surface area contributed by atoms with Crippen molar-refractivity contribution in [1.82, 2.24) is 10.2 Å². The minimum atomic E-state index is -0.116. The van der Waals surface area contributed by atoms with Crippen molar-refractivity contribution < 1.29 is 13.9 Å². The van der Waals surface area contributed by atoms with Crippen molar-refractivity contribution in [2.45, 2.75) is 32.7 Å². The van der Waals surface area contributed by atoms with Gasteiger partial charge in [0, 0.05) is 6.54 Å². The first-order valence-electron chi connectivity index (χ1n) is 8.87. The van der Waals surface area contributed by atoms with Crippen LogP contribution in [-0.2, 0) is 4.79 Å². The number of nitrogens with one attached hydrogen (secondary N) is 1. The molecule has 1 aliphatic heterocycles. The van der Waals surface area contributed by atoms with Gasteiger partial charge in [0.15, 0.2) is 6.61 Å². The Labute approximate surface area is 149 Å². The quantitative estimate of drug-likeness (QED) is 0.839. The van der Waals surface area contributed by atoms with E-state index in [1.54, 1.807) is 6.26 Å². The van der Waals surface area contributed by atoms with Gasteiger partial charge < -0.3 is 14.5 Å². The Hall–Kier alpha value is -2.27. The standard InChI is InChI=1S/C20H26N2O3/c1-15-10-16(2)12-17(11-15)25-14-20(23)21-13-18(19-6-5-9-24-19)22-7-3-4-8-22/h5-6,9-12,18H,3-4,7-8,13-14H2,1-2H3,(H,21,23)/t18-/m0/s1. The number of hydrogen-bond acceptors (Lipinski definition) is 4. The minimum absolute atomic E-state index is 0.0216. The number of ether oxygens (including phenoxy) is 1. The van der Waals surface area contributed by atoms with Gasteiger partial charge in [-0.3, -0.25) is 9.69 Å². The fourth-order valence-corrected chi connectivity index (χ4v) is 3.37. The van der Waals surface area contributed by atoms with Gasteiger partial charge >= 0.3 is 0 Å². The number of nitrogens with zero attached hydrogens (tertiary/aromatic N) is 1.